The minimum absolute atomic E-state index is 0.0271. The molecule has 0 atom stereocenters. The molecule has 2 saturated heterocycles. The van der Waals surface area contributed by atoms with Gasteiger partial charge in [0.05, 0.1) is 5.69 Å². The van der Waals surface area contributed by atoms with E-state index in [4.69, 9.17) is 0 Å². The van der Waals surface area contributed by atoms with E-state index in [1.807, 2.05) is 29.9 Å². The Bertz CT molecular complexity index is 897. The summed E-state index contributed by atoms with van der Waals surface area (Å²) < 4.78 is 4.45. The molecule has 0 saturated carbocycles. The van der Waals surface area contributed by atoms with Crippen molar-refractivity contribution in [3.05, 3.63) is 47.0 Å². The van der Waals surface area contributed by atoms with Crippen LogP contribution in [0.5, 0.6) is 0 Å². The Labute approximate surface area is 190 Å². The van der Waals surface area contributed by atoms with Gasteiger partial charge in [-0.25, -0.2) is 4.31 Å². The first-order valence-electron chi connectivity index (χ1n) is 11.5. The Hall–Kier alpha value is -1.83. The topological polar surface area (TPSA) is 53.4 Å². The lowest BCUT2D eigenvalue weighted by molar-refractivity contribution is 0.0942. The molecule has 31 heavy (non-hydrogen) atoms. The number of hydrogen-bond donors (Lipinski definition) is 1. The Morgan fingerprint density at radius 2 is 1.97 bits per heavy atom. The number of nitrogens with zero attached hydrogens (tertiary/aromatic N) is 4. The van der Waals surface area contributed by atoms with Crippen molar-refractivity contribution in [2.24, 2.45) is 13.0 Å². The third-order valence-electron chi connectivity index (χ3n) is 6.69. The number of carbonyl (C=O) groups is 1. The lowest BCUT2D eigenvalue weighted by Gasteiger charge is -2.28. The maximum atomic E-state index is 13.0. The molecule has 4 rings (SSSR count). The molecule has 2 aliphatic heterocycles. The Kier molecular flexibility index (Phi) is 7.35. The molecule has 168 valence electrons. The summed E-state index contributed by atoms with van der Waals surface area (Å²) in [6.07, 6.45) is 6.88. The normalized spacial score (nSPS) is 18.5. The van der Waals surface area contributed by atoms with Crippen molar-refractivity contribution in [1.29, 1.82) is 0 Å². The second kappa shape index (κ2) is 10.2. The standard InChI is InChI=1S/C24H35N5OS/c1-18-8-13-29(14-9-18)31-23-15-22(27(3)19(23)2)24(30)26-16-20-7-6-10-25-21(20)17-28-11-4-5-12-28/h6-7,10,15,18H,4-5,8-9,11-14,16-17H2,1-3H3,(H,26,30). The summed E-state index contributed by atoms with van der Waals surface area (Å²) >= 11 is 1.80. The summed E-state index contributed by atoms with van der Waals surface area (Å²) in [5.41, 5.74) is 4.04. The summed E-state index contributed by atoms with van der Waals surface area (Å²) in [7, 11) is 1.98. The van der Waals surface area contributed by atoms with Gasteiger partial charge in [0, 0.05) is 50.0 Å². The molecule has 2 aliphatic rings. The monoisotopic (exact) mass is 441 g/mol. The van der Waals surface area contributed by atoms with Crippen molar-refractivity contribution >= 4 is 17.9 Å². The molecule has 0 aromatic carbocycles. The van der Waals surface area contributed by atoms with Crippen LogP contribution in [0.3, 0.4) is 0 Å². The Balaban J connectivity index is 1.39. The summed E-state index contributed by atoms with van der Waals surface area (Å²) in [6.45, 7) is 10.3. The van der Waals surface area contributed by atoms with Crippen molar-refractivity contribution in [2.75, 3.05) is 26.2 Å². The number of aromatic nitrogens is 2. The number of piperidine rings is 1. The molecule has 0 unspecified atom stereocenters. The van der Waals surface area contributed by atoms with Crippen LogP contribution in [-0.4, -0.2) is 50.8 Å². The molecule has 0 spiro atoms. The quantitative estimate of drug-likeness (QED) is 0.659. The fourth-order valence-corrected chi connectivity index (χ4v) is 5.50. The van der Waals surface area contributed by atoms with E-state index in [9.17, 15) is 4.79 Å². The SMILES string of the molecule is Cc1c(SN2CCC(C)CC2)cc(C(=O)NCc2cccnc2CN2CCCC2)n1C. The summed E-state index contributed by atoms with van der Waals surface area (Å²) in [5, 5.41) is 3.13. The molecule has 4 heterocycles. The first-order chi connectivity index (χ1) is 15.0. The van der Waals surface area contributed by atoms with Crippen molar-refractivity contribution in [2.45, 2.75) is 57.5 Å². The number of rotatable bonds is 7. The van der Waals surface area contributed by atoms with Crippen LogP contribution < -0.4 is 5.32 Å². The van der Waals surface area contributed by atoms with Crippen LogP contribution >= 0.6 is 11.9 Å². The number of pyridine rings is 1. The predicted octanol–water partition coefficient (Wildman–Crippen LogP) is 3.99. The van der Waals surface area contributed by atoms with Crippen LogP contribution in [0.25, 0.3) is 0 Å². The van der Waals surface area contributed by atoms with Crippen LogP contribution in [-0.2, 0) is 20.1 Å². The molecule has 0 bridgehead atoms. The zero-order chi connectivity index (χ0) is 21.8. The molecule has 2 aromatic rings. The molecule has 2 fully saturated rings. The zero-order valence-electron chi connectivity index (χ0n) is 19.1. The highest BCUT2D eigenvalue weighted by atomic mass is 32.2. The maximum absolute atomic E-state index is 13.0. The highest BCUT2D eigenvalue weighted by molar-refractivity contribution is 7.97. The van der Waals surface area contributed by atoms with Gasteiger partial charge in [-0.2, -0.15) is 0 Å². The number of nitrogens with one attached hydrogen (secondary N) is 1. The smallest absolute Gasteiger partial charge is 0.268 e. The van der Waals surface area contributed by atoms with E-state index in [2.05, 4.69) is 39.4 Å². The average molecular weight is 442 g/mol. The van der Waals surface area contributed by atoms with Crippen molar-refractivity contribution in [1.82, 2.24) is 24.1 Å². The number of likely N-dealkylation sites (tertiary alicyclic amines) is 1. The molecule has 7 heteroatoms. The van der Waals surface area contributed by atoms with Crippen LogP contribution in [0.4, 0.5) is 0 Å². The van der Waals surface area contributed by atoms with Gasteiger partial charge in [0.25, 0.3) is 5.91 Å². The van der Waals surface area contributed by atoms with Gasteiger partial charge in [-0.3, -0.25) is 14.7 Å². The largest absolute Gasteiger partial charge is 0.347 e. The van der Waals surface area contributed by atoms with Crippen LogP contribution in [0.15, 0.2) is 29.3 Å². The summed E-state index contributed by atoms with van der Waals surface area (Å²) in [6, 6.07) is 6.07. The van der Waals surface area contributed by atoms with Crippen LogP contribution in [0, 0.1) is 12.8 Å². The molecule has 1 N–H and O–H groups in total. The first-order valence-corrected chi connectivity index (χ1v) is 12.3. The van der Waals surface area contributed by atoms with Gasteiger partial charge in [-0.1, -0.05) is 13.0 Å². The molecular formula is C24H35N5OS. The maximum Gasteiger partial charge on any atom is 0.268 e. The first kappa shape index (κ1) is 22.4. The molecule has 6 nitrogen and oxygen atoms in total. The van der Waals surface area contributed by atoms with E-state index in [-0.39, 0.29) is 5.91 Å². The van der Waals surface area contributed by atoms with E-state index in [1.165, 1.54) is 30.6 Å². The summed E-state index contributed by atoms with van der Waals surface area (Å²) in [5.74, 6) is 0.790. The van der Waals surface area contributed by atoms with Crippen LogP contribution in [0.1, 0.15) is 60.0 Å². The van der Waals surface area contributed by atoms with Gasteiger partial charge in [0.15, 0.2) is 0 Å². The predicted molar refractivity (Wildman–Crippen MR) is 126 cm³/mol. The Morgan fingerprint density at radius 1 is 1.23 bits per heavy atom. The minimum atomic E-state index is -0.0271. The molecule has 1 amide bonds. The van der Waals surface area contributed by atoms with Gasteiger partial charge in [-0.05, 0) is 81.3 Å². The van der Waals surface area contributed by atoms with E-state index < -0.39 is 0 Å². The lowest BCUT2D eigenvalue weighted by atomic mass is 10.0. The third-order valence-corrected chi connectivity index (χ3v) is 7.92. The van der Waals surface area contributed by atoms with E-state index in [0.29, 0.717) is 6.54 Å². The number of amides is 1. The van der Waals surface area contributed by atoms with Gasteiger partial charge < -0.3 is 9.88 Å². The molecule has 0 aliphatic carbocycles. The van der Waals surface area contributed by atoms with Crippen LogP contribution in [0.2, 0.25) is 0 Å². The molecular weight excluding hydrogens is 406 g/mol. The Morgan fingerprint density at radius 3 is 2.71 bits per heavy atom. The van der Waals surface area contributed by atoms with Gasteiger partial charge in [0.1, 0.15) is 5.69 Å². The van der Waals surface area contributed by atoms with Crippen molar-refractivity contribution < 1.29 is 4.79 Å². The molecule has 2 aromatic heterocycles. The number of hydrogen-bond acceptors (Lipinski definition) is 5. The van der Waals surface area contributed by atoms with E-state index >= 15 is 0 Å². The number of carbonyl (C=O) groups excluding carboxylic acids is 1. The second-order valence-corrected chi connectivity index (χ2v) is 10.2. The zero-order valence-corrected chi connectivity index (χ0v) is 19.9. The second-order valence-electron chi connectivity index (χ2n) is 9.02. The van der Waals surface area contributed by atoms with Gasteiger partial charge >= 0.3 is 0 Å². The lowest BCUT2D eigenvalue weighted by Crippen LogP contribution is -2.27. The van der Waals surface area contributed by atoms with E-state index in [1.54, 1.807) is 11.9 Å². The third kappa shape index (κ3) is 5.51. The minimum Gasteiger partial charge on any atom is -0.347 e. The average Bonchev–Trinajstić information content (AvgIpc) is 3.38. The van der Waals surface area contributed by atoms with Gasteiger partial charge in [0.2, 0.25) is 0 Å². The van der Waals surface area contributed by atoms with Gasteiger partial charge in [-0.15, -0.1) is 0 Å². The fraction of sp³-hybridized carbons (Fsp3) is 0.583. The highest BCUT2D eigenvalue weighted by Crippen LogP contribution is 2.32. The van der Waals surface area contributed by atoms with Crippen molar-refractivity contribution in [3.8, 4) is 0 Å². The fourth-order valence-electron chi connectivity index (χ4n) is 4.39. The molecule has 0 radical (unpaired) electrons. The van der Waals surface area contributed by atoms with Crippen molar-refractivity contribution in [3.63, 3.8) is 0 Å². The highest BCUT2D eigenvalue weighted by Gasteiger charge is 2.21. The summed E-state index contributed by atoms with van der Waals surface area (Å²) in [4.78, 5) is 21.2. The van der Waals surface area contributed by atoms with E-state index in [0.717, 1.165) is 61.3 Å².